The molecular weight excluding hydrogens is 364 g/mol. The number of hydrogen-bond acceptors (Lipinski definition) is 5. The Morgan fingerprint density at radius 2 is 1.96 bits per heavy atom. The van der Waals surface area contributed by atoms with Crippen LogP contribution in [0.5, 0.6) is 0 Å². The Hall–Kier alpha value is -2.94. The van der Waals surface area contributed by atoms with Crippen molar-refractivity contribution in [3.8, 4) is 0 Å². The second-order valence-electron chi connectivity index (χ2n) is 7.48. The van der Waals surface area contributed by atoms with Gasteiger partial charge in [-0.25, -0.2) is 4.79 Å². The Balaban J connectivity index is 1.46. The van der Waals surface area contributed by atoms with Crippen LogP contribution in [0.1, 0.15) is 29.6 Å². The molecule has 5 rings (SSSR count). The molecule has 4 saturated heterocycles. The molecule has 1 spiro atoms. The highest BCUT2D eigenvalue weighted by Crippen LogP contribution is 2.46. The van der Waals surface area contributed by atoms with Crippen molar-refractivity contribution >= 4 is 29.4 Å². The number of amides is 5. The third kappa shape index (κ3) is 2.29. The highest BCUT2D eigenvalue weighted by Gasteiger charge is 2.63. The normalized spacial score (nSPS) is 29.2. The molecule has 0 unspecified atom stereocenters. The Labute approximate surface area is 161 Å². The molecule has 4 fully saturated rings. The second-order valence-corrected chi connectivity index (χ2v) is 7.48. The average molecular weight is 384 g/mol. The molecule has 4 heterocycles. The summed E-state index contributed by atoms with van der Waals surface area (Å²) in [6, 6.07) is 6.02. The van der Waals surface area contributed by atoms with E-state index < -0.39 is 11.8 Å². The molecule has 5 amide bonds. The van der Waals surface area contributed by atoms with Crippen LogP contribution in [0.2, 0.25) is 0 Å². The molecule has 1 aromatic rings. The minimum Gasteiger partial charge on any atom is -0.351 e. The maximum Gasteiger partial charge on any atom is 0.328 e. The first-order valence-corrected chi connectivity index (χ1v) is 9.47. The van der Waals surface area contributed by atoms with Gasteiger partial charge in [0, 0.05) is 32.5 Å². The van der Waals surface area contributed by atoms with Crippen molar-refractivity contribution in [3.63, 3.8) is 0 Å². The number of ether oxygens (including phenoxy) is 1. The number of benzene rings is 1. The van der Waals surface area contributed by atoms with Gasteiger partial charge in [-0.05, 0) is 12.1 Å². The van der Waals surface area contributed by atoms with E-state index in [0.717, 1.165) is 0 Å². The first kappa shape index (κ1) is 17.2. The zero-order chi connectivity index (χ0) is 19.5. The van der Waals surface area contributed by atoms with E-state index in [2.05, 4.69) is 5.32 Å². The number of hydrogen-bond donors (Lipinski definition) is 1. The van der Waals surface area contributed by atoms with Gasteiger partial charge < -0.3 is 14.5 Å². The van der Waals surface area contributed by atoms with Crippen LogP contribution in [0.25, 0.3) is 0 Å². The lowest BCUT2D eigenvalue weighted by Gasteiger charge is -2.32. The largest absolute Gasteiger partial charge is 0.351 e. The minimum absolute atomic E-state index is 0.0159. The smallest absolute Gasteiger partial charge is 0.328 e. The van der Waals surface area contributed by atoms with Crippen LogP contribution in [0.4, 0.5) is 10.5 Å². The molecule has 4 aliphatic rings. The van der Waals surface area contributed by atoms with Gasteiger partial charge in [-0.3, -0.25) is 24.6 Å². The minimum atomic E-state index is -0.698. The monoisotopic (exact) mass is 384 g/mol. The molecule has 0 bridgehead atoms. The summed E-state index contributed by atoms with van der Waals surface area (Å²) in [6.45, 7) is 1.77. The number of rotatable bonds is 2. The number of nitrogens with one attached hydrogen (secondary N) is 1. The number of anilines is 1. The van der Waals surface area contributed by atoms with Gasteiger partial charge in [-0.15, -0.1) is 0 Å². The summed E-state index contributed by atoms with van der Waals surface area (Å²) in [4.78, 5) is 54.4. The van der Waals surface area contributed by atoms with Gasteiger partial charge in [-0.1, -0.05) is 12.1 Å². The molecule has 4 aliphatic heterocycles. The van der Waals surface area contributed by atoms with Crippen LogP contribution in [-0.4, -0.2) is 71.6 Å². The van der Waals surface area contributed by atoms with Gasteiger partial charge in [0.15, 0.2) is 5.72 Å². The van der Waals surface area contributed by atoms with Crippen molar-refractivity contribution in [1.29, 1.82) is 0 Å². The molecule has 146 valence electrons. The van der Waals surface area contributed by atoms with Crippen LogP contribution >= 0.6 is 0 Å². The number of urea groups is 1. The molecule has 9 nitrogen and oxygen atoms in total. The van der Waals surface area contributed by atoms with E-state index in [1.807, 2.05) is 0 Å². The summed E-state index contributed by atoms with van der Waals surface area (Å²) < 4.78 is 5.95. The number of nitrogens with zero attached hydrogens (tertiary/aromatic N) is 3. The lowest BCUT2D eigenvalue weighted by Crippen LogP contribution is -2.51. The molecule has 0 aliphatic carbocycles. The fourth-order valence-corrected chi connectivity index (χ4v) is 4.87. The van der Waals surface area contributed by atoms with Crippen LogP contribution in [0.3, 0.4) is 0 Å². The molecule has 9 heteroatoms. The highest BCUT2D eigenvalue weighted by molar-refractivity contribution is 6.10. The zero-order valence-electron chi connectivity index (χ0n) is 15.2. The second kappa shape index (κ2) is 6.03. The van der Waals surface area contributed by atoms with Crippen molar-refractivity contribution in [1.82, 2.24) is 15.1 Å². The third-order valence-electron chi connectivity index (χ3n) is 6.14. The maximum absolute atomic E-state index is 13.4. The topological polar surface area (TPSA) is 99.3 Å². The van der Waals surface area contributed by atoms with E-state index in [0.29, 0.717) is 37.4 Å². The van der Waals surface area contributed by atoms with Gasteiger partial charge in [0.05, 0.1) is 30.3 Å². The number of para-hydroxylation sites is 1. The van der Waals surface area contributed by atoms with Crippen molar-refractivity contribution in [3.05, 3.63) is 29.8 Å². The molecular formula is C19H20N4O5. The Kier molecular flexibility index (Phi) is 3.70. The van der Waals surface area contributed by atoms with Gasteiger partial charge in [0.2, 0.25) is 11.8 Å². The fraction of sp³-hybridized carbons (Fsp3) is 0.474. The SMILES string of the molecule is O=C1CCN(c2ccccc2C(=O)N2CC[C@@]34OCCN3C(=O)C[C@@H]24)C(=O)N1. The molecule has 1 N–H and O–H groups in total. The Bertz CT molecular complexity index is 902. The summed E-state index contributed by atoms with van der Waals surface area (Å²) >= 11 is 0. The van der Waals surface area contributed by atoms with Crippen molar-refractivity contribution < 1.29 is 23.9 Å². The van der Waals surface area contributed by atoms with Crippen LogP contribution in [0, 0.1) is 0 Å². The van der Waals surface area contributed by atoms with Gasteiger partial charge in [0.1, 0.15) is 0 Å². The molecule has 28 heavy (non-hydrogen) atoms. The standard InChI is InChI=1S/C19H20N4O5/c24-15-5-7-21(18(27)20-15)13-4-2-1-3-12(13)17(26)22-8-6-19-14(22)11-16(25)23(19)9-10-28-19/h1-4,14H,5-11H2,(H,20,24,27)/t14-,19+/m1/s1. The van der Waals surface area contributed by atoms with Crippen molar-refractivity contribution in [2.75, 3.05) is 31.1 Å². The van der Waals surface area contributed by atoms with Crippen LogP contribution in [-0.2, 0) is 14.3 Å². The number of carbonyl (C=O) groups is 4. The van der Waals surface area contributed by atoms with E-state index in [1.54, 1.807) is 34.1 Å². The van der Waals surface area contributed by atoms with Gasteiger partial charge in [-0.2, -0.15) is 0 Å². The molecule has 2 atom stereocenters. The fourth-order valence-electron chi connectivity index (χ4n) is 4.87. The molecule has 0 saturated carbocycles. The van der Waals surface area contributed by atoms with E-state index in [4.69, 9.17) is 4.74 Å². The zero-order valence-corrected chi connectivity index (χ0v) is 15.2. The quantitative estimate of drug-likeness (QED) is 0.791. The van der Waals surface area contributed by atoms with Crippen LogP contribution in [0.15, 0.2) is 24.3 Å². The lowest BCUT2D eigenvalue weighted by molar-refractivity contribution is -0.136. The number of imide groups is 1. The maximum atomic E-state index is 13.4. The van der Waals surface area contributed by atoms with Crippen molar-refractivity contribution in [2.45, 2.75) is 31.0 Å². The molecule has 1 aromatic carbocycles. The van der Waals surface area contributed by atoms with E-state index in [-0.39, 0.29) is 43.1 Å². The average Bonchev–Trinajstić information content (AvgIpc) is 3.32. The third-order valence-corrected chi connectivity index (χ3v) is 6.14. The highest BCUT2D eigenvalue weighted by atomic mass is 16.5. The summed E-state index contributed by atoms with van der Waals surface area (Å²) in [5.41, 5.74) is 0.149. The van der Waals surface area contributed by atoms with Crippen molar-refractivity contribution in [2.24, 2.45) is 0 Å². The van der Waals surface area contributed by atoms with E-state index >= 15 is 0 Å². The van der Waals surface area contributed by atoms with E-state index in [9.17, 15) is 19.2 Å². The first-order chi connectivity index (χ1) is 13.5. The van der Waals surface area contributed by atoms with Crippen LogP contribution < -0.4 is 10.2 Å². The summed E-state index contributed by atoms with van der Waals surface area (Å²) in [5.74, 6) is -0.538. The summed E-state index contributed by atoms with van der Waals surface area (Å²) in [7, 11) is 0. The summed E-state index contributed by atoms with van der Waals surface area (Å²) in [5, 5.41) is 2.29. The Morgan fingerprint density at radius 1 is 1.14 bits per heavy atom. The Morgan fingerprint density at radius 3 is 2.79 bits per heavy atom. The van der Waals surface area contributed by atoms with Gasteiger partial charge >= 0.3 is 6.03 Å². The lowest BCUT2D eigenvalue weighted by atomic mass is 10.0. The van der Waals surface area contributed by atoms with Gasteiger partial charge in [0.25, 0.3) is 5.91 Å². The molecule has 0 aromatic heterocycles. The first-order valence-electron chi connectivity index (χ1n) is 9.47. The number of carbonyl (C=O) groups excluding carboxylic acids is 4. The summed E-state index contributed by atoms with van der Waals surface area (Å²) in [6.07, 6.45) is 1.03. The van der Waals surface area contributed by atoms with E-state index in [1.165, 1.54) is 4.90 Å². The predicted molar refractivity (Wildman–Crippen MR) is 96.4 cm³/mol. The molecule has 0 radical (unpaired) electrons. The predicted octanol–water partition coefficient (Wildman–Crippen LogP) is 0.306. The number of likely N-dealkylation sites (tertiary alicyclic amines) is 1.